The molecule has 0 aliphatic heterocycles. The van der Waals surface area contributed by atoms with E-state index in [-0.39, 0.29) is 0 Å². The minimum absolute atomic E-state index is 0.574. The number of nitrogens with zero attached hydrogens (tertiary/aromatic N) is 2. The Hall–Kier alpha value is -2.92. The third-order valence-corrected chi connectivity index (χ3v) is 4.76. The molecule has 0 aliphatic rings. The molecule has 2 aromatic carbocycles. The molecule has 25 heavy (non-hydrogen) atoms. The van der Waals surface area contributed by atoms with Gasteiger partial charge in [-0.05, 0) is 24.3 Å². The Morgan fingerprint density at radius 1 is 0.960 bits per heavy atom. The molecule has 124 valence electrons. The normalized spacial score (nSPS) is 10.7. The second-order valence-corrected chi connectivity index (χ2v) is 6.41. The highest BCUT2D eigenvalue weighted by Gasteiger charge is 2.09. The van der Waals surface area contributed by atoms with Crippen molar-refractivity contribution in [3.63, 3.8) is 0 Å². The summed E-state index contributed by atoms with van der Waals surface area (Å²) in [5, 5.41) is 6.60. The molecule has 4 aromatic rings. The first kappa shape index (κ1) is 15.6. The molecule has 0 radical (unpaired) electrons. The second kappa shape index (κ2) is 7.32. The molecule has 2 aromatic heterocycles. The van der Waals surface area contributed by atoms with Gasteiger partial charge in [0.25, 0.3) is 0 Å². The molecule has 0 saturated heterocycles. The number of aromatic nitrogens is 2. The molecule has 0 fully saturated rings. The molecule has 0 unspecified atom stereocenters. The van der Waals surface area contributed by atoms with Gasteiger partial charge in [0.1, 0.15) is 18.2 Å². The number of fused-ring (bicyclic) bond motifs is 1. The zero-order valence-corrected chi connectivity index (χ0v) is 14.4. The maximum absolute atomic E-state index is 5.68. The van der Waals surface area contributed by atoms with Gasteiger partial charge in [0.2, 0.25) is 0 Å². The Morgan fingerprint density at radius 3 is 2.72 bits per heavy atom. The Morgan fingerprint density at radius 2 is 1.80 bits per heavy atom. The van der Waals surface area contributed by atoms with Crippen LogP contribution in [0.25, 0.3) is 21.5 Å². The van der Waals surface area contributed by atoms with E-state index >= 15 is 0 Å². The average Bonchev–Trinajstić information content (AvgIpc) is 3.11. The molecule has 0 aliphatic carbocycles. The minimum atomic E-state index is 0.574. The van der Waals surface area contributed by atoms with Crippen molar-refractivity contribution in [3.8, 4) is 17.1 Å². The van der Waals surface area contributed by atoms with Gasteiger partial charge in [-0.1, -0.05) is 36.4 Å². The van der Waals surface area contributed by atoms with E-state index in [9.17, 15) is 0 Å². The summed E-state index contributed by atoms with van der Waals surface area (Å²) in [7, 11) is 0. The van der Waals surface area contributed by atoms with Crippen LogP contribution >= 0.6 is 11.3 Å². The van der Waals surface area contributed by atoms with Crippen molar-refractivity contribution in [1.29, 1.82) is 0 Å². The summed E-state index contributed by atoms with van der Waals surface area (Å²) >= 11 is 1.71. The lowest BCUT2D eigenvalue weighted by Gasteiger charge is -2.08. The SMILES string of the molecule is c1ccc(OCCNc2ccnc(-c3csc4ccccc34)n2)cc1. The van der Waals surface area contributed by atoms with E-state index in [1.165, 1.54) is 10.1 Å². The average molecular weight is 347 g/mol. The molecule has 0 saturated carbocycles. The van der Waals surface area contributed by atoms with Crippen molar-refractivity contribution in [2.75, 3.05) is 18.5 Å². The van der Waals surface area contributed by atoms with Gasteiger partial charge in [-0.15, -0.1) is 11.3 Å². The Balaban J connectivity index is 1.43. The van der Waals surface area contributed by atoms with Gasteiger partial charge >= 0.3 is 0 Å². The maximum atomic E-state index is 5.68. The van der Waals surface area contributed by atoms with E-state index in [0.29, 0.717) is 13.2 Å². The lowest BCUT2D eigenvalue weighted by atomic mass is 10.1. The van der Waals surface area contributed by atoms with Gasteiger partial charge in [-0.2, -0.15) is 0 Å². The van der Waals surface area contributed by atoms with E-state index in [1.54, 1.807) is 17.5 Å². The number of benzene rings is 2. The second-order valence-electron chi connectivity index (χ2n) is 5.50. The Labute approximate surface area is 150 Å². The van der Waals surface area contributed by atoms with Gasteiger partial charge < -0.3 is 10.1 Å². The molecule has 0 atom stereocenters. The minimum Gasteiger partial charge on any atom is -0.492 e. The van der Waals surface area contributed by atoms with E-state index in [0.717, 1.165) is 23.0 Å². The fraction of sp³-hybridized carbons (Fsp3) is 0.100. The molecule has 0 spiro atoms. The zero-order chi connectivity index (χ0) is 16.9. The van der Waals surface area contributed by atoms with Crippen LogP contribution in [0.5, 0.6) is 5.75 Å². The van der Waals surface area contributed by atoms with Crippen molar-refractivity contribution in [2.45, 2.75) is 0 Å². The van der Waals surface area contributed by atoms with Crippen LogP contribution in [0.3, 0.4) is 0 Å². The number of ether oxygens (including phenoxy) is 1. The van der Waals surface area contributed by atoms with Crippen molar-refractivity contribution in [1.82, 2.24) is 9.97 Å². The van der Waals surface area contributed by atoms with Crippen LogP contribution in [0.15, 0.2) is 72.2 Å². The van der Waals surface area contributed by atoms with Crippen molar-refractivity contribution in [2.24, 2.45) is 0 Å². The topological polar surface area (TPSA) is 47.0 Å². The molecule has 4 rings (SSSR count). The smallest absolute Gasteiger partial charge is 0.162 e. The summed E-state index contributed by atoms with van der Waals surface area (Å²) in [6.45, 7) is 1.25. The molecule has 2 heterocycles. The Kier molecular flexibility index (Phi) is 4.57. The summed E-state index contributed by atoms with van der Waals surface area (Å²) in [5.41, 5.74) is 1.07. The summed E-state index contributed by atoms with van der Waals surface area (Å²) in [5.74, 6) is 2.42. The molecular weight excluding hydrogens is 330 g/mol. The number of hydrogen-bond acceptors (Lipinski definition) is 5. The molecule has 5 heteroatoms. The van der Waals surface area contributed by atoms with Gasteiger partial charge in [0.05, 0.1) is 6.54 Å². The molecule has 0 bridgehead atoms. The van der Waals surface area contributed by atoms with Crippen molar-refractivity contribution < 1.29 is 4.74 Å². The van der Waals surface area contributed by atoms with Gasteiger partial charge in [0.15, 0.2) is 5.82 Å². The van der Waals surface area contributed by atoms with Crippen LogP contribution in [0.4, 0.5) is 5.82 Å². The third kappa shape index (κ3) is 3.61. The van der Waals surface area contributed by atoms with E-state index in [4.69, 9.17) is 4.74 Å². The van der Waals surface area contributed by atoms with Gasteiger partial charge in [-0.25, -0.2) is 9.97 Å². The fourth-order valence-corrected chi connectivity index (χ4v) is 3.54. The quantitative estimate of drug-likeness (QED) is 0.507. The fourth-order valence-electron chi connectivity index (χ4n) is 2.60. The molecule has 1 N–H and O–H groups in total. The van der Waals surface area contributed by atoms with E-state index in [2.05, 4.69) is 32.8 Å². The number of hydrogen-bond donors (Lipinski definition) is 1. The first-order valence-corrected chi connectivity index (χ1v) is 8.99. The number of rotatable bonds is 6. The molecule has 0 amide bonds. The monoisotopic (exact) mass is 347 g/mol. The van der Waals surface area contributed by atoms with Crippen LogP contribution in [-0.2, 0) is 0 Å². The number of anilines is 1. The Bertz CT molecular complexity index is 969. The number of nitrogens with one attached hydrogen (secondary N) is 1. The highest BCUT2D eigenvalue weighted by atomic mass is 32.1. The maximum Gasteiger partial charge on any atom is 0.162 e. The first-order valence-electron chi connectivity index (χ1n) is 8.11. The number of para-hydroxylation sites is 1. The van der Waals surface area contributed by atoms with Crippen LogP contribution in [0, 0.1) is 0 Å². The predicted octanol–water partition coefficient (Wildman–Crippen LogP) is 4.85. The lowest BCUT2D eigenvalue weighted by molar-refractivity contribution is 0.333. The zero-order valence-electron chi connectivity index (χ0n) is 13.6. The van der Waals surface area contributed by atoms with Crippen molar-refractivity contribution >= 4 is 27.2 Å². The van der Waals surface area contributed by atoms with E-state index in [1.807, 2.05) is 48.5 Å². The molecular formula is C20H17N3OS. The highest BCUT2D eigenvalue weighted by molar-refractivity contribution is 7.17. The molecule has 4 nitrogen and oxygen atoms in total. The first-order chi connectivity index (χ1) is 12.4. The standard InChI is InChI=1S/C20H17N3OS/c1-2-6-15(7-3-1)24-13-12-21-19-10-11-22-20(23-19)17-14-25-18-9-5-4-8-16(17)18/h1-11,14H,12-13H2,(H,21,22,23). The van der Waals surface area contributed by atoms with Gasteiger partial charge in [0, 0.05) is 27.2 Å². The van der Waals surface area contributed by atoms with Crippen LogP contribution < -0.4 is 10.1 Å². The number of thiophene rings is 1. The highest BCUT2D eigenvalue weighted by Crippen LogP contribution is 2.32. The van der Waals surface area contributed by atoms with Crippen LogP contribution in [0.1, 0.15) is 0 Å². The predicted molar refractivity (Wildman–Crippen MR) is 103 cm³/mol. The lowest BCUT2D eigenvalue weighted by Crippen LogP contribution is -2.12. The summed E-state index contributed by atoms with van der Waals surface area (Å²) in [6.07, 6.45) is 1.79. The summed E-state index contributed by atoms with van der Waals surface area (Å²) in [6, 6.07) is 20.0. The largest absolute Gasteiger partial charge is 0.492 e. The van der Waals surface area contributed by atoms with Gasteiger partial charge in [-0.3, -0.25) is 0 Å². The summed E-state index contributed by atoms with van der Waals surface area (Å²) in [4.78, 5) is 9.07. The van der Waals surface area contributed by atoms with Crippen LogP contribution in [-0.4, -0.2) is 23.1 Å². The summed E-state index contributed by atoms with van der Waals surface area (Å²) < 4.78 is 6.93. The third-order valence-electron chi connectivity index (χ3n) is 3.80. The van der Waals surface area contributed by atoms with Crippen molar-refractivity contribution in [3.05, 3.63) is 72.2 Å². The van der Waals surface area contributed by atoms with E-state index < -0.39 is 0 Å². The van der Waals surface area contributed by atoms with Crippen LogP contribution in [0.2, 0.25) is 0 Å².